The van der Waals surface area contributed by atoms with Crippen molar-refractivity contribution in [2.24, 2.45) is 0 Å². The maximum absolute atomic E-state index is 12.5. The molecule has 5 aromatic rings. The highest BCUT2D eigenvalue weighted by Gasteiger charge is 2.14. The van der Waals surface area contributed by atoms with Crippen LogP contribution in [0.2, 0.25) is 0 Å². The van der Waals surface area contributed by atoms with Crippen LogP contribution in [-0.2, 0) is 0 Å². The third-order valence-electron chi connectivity index (χ3n) is 5.58. The SMILES string of the molecule is CCN(C)C(=O)c1cc2ccc(-c3nccc(Nc4ccc(-c5cn[nH]c5)cc4)n3)cc2[nH]1. The van der Waals surface area contributed by atoms with Crippen molar-refractivity contribution in [1.29, 1.82) is 0 Å². The molecule has 3 aromatic heterocycles. The third kappa shape index (κ3) is 4.18. The van der Waals surface area contributed by atoms with E-state index >= 15 is 0 Å². The zero-order valence-electron chi connectivity index (χ0n) is 18.3. The van der Waals surface area contributed by atoms with Gasteiger partial charge in [-0.2, -0.15) is 5.10 Å². The molecule has 0 atom stereocenters. The normalized spacial score (nSPS) is 11.0. The number of carbonyl (C=O) groups is 1. The lowest BCUT2D eigenvalue weighted by Crippen LogP contribution is -2.26. The highest BCUT2D eigenvalue weighted by Crippen LogP contribution is 2.25. The first-order valence-electron chi connectivity index (χ1n) is 10.7. The topological polar surface area (TPSA) is 103 Å². The Morgan fingerprint density at radius 1 is 1.03 bits per heavy atom. The molecule has 0 aliphatic heterocycles. The van der Waals surface area contributed by atoms with Gasteiger partial charge < -0.3 is 15.2 Å². The lowest BCUT2D eigenvalue weighted by Gasteiger charge is -2.12. The van der Waals surface area contributed by atoms with E-state index in [4.69, 9.17) is 0 Å². The van der Waals surface area contributed by atoms with Gasteiger partial charge >= 0.3 is 0 Å². The van der Waals surface area contributed by atoms with Gasteiger partial charge in [0.15, 0.2) is 5.82 Å². The first-order valence-corrected chi connectivity index (χ1v) is 10.7. The van der Waals surface area contributed by atoms with Gasteiger partial charge in [-0.25, -0.2) is 9.97 Å². The Bertz CT molecular complexity index is 1400. The van der Waals surface area contributed by atoms with Gasteiger partial charge in [0.05, 0.1) is 6.20 Å². The van der Waals surface area contributed by atoms with Crippen molar-refractivity contribution >= 4 is 28.3 Å². The maximum atomic E-state index is 12.5. The molecule has 1 amide bonds. The van der Waals surface area contributed by atoms with Crippen LogP contribution in [0.3, 0.4) is 0 Å². The summed E-state index contributed by atoms with van der Waals surface area (Å²) >= 11 is 0. The van der Waals surface area contributed by atoms with E-state index in [0.717, 1.165) is 33.3 Å². The number of carbonyl (C=O) groups excluding carboxylic acids is 1. The van der Waals surface area contributed by atoms with Crippen LogP contribution in [0, 0.1) is 0 Å². The van der Waals surface area contributed by atoms with Crippen LogP contribution >= 0.6 is 0 Å². The summed E-state index contributed by atoms with van der Waals surface area (Å²) in [5.41, 5.74) is 5.36. The average molecular weight is 438 g/mol. The molecule has 0 aliphatic carbocycles. The Morgan fingerprint density at radius 2 is 1.85 bits per heavy atom. The van der Waals surface area contributed by atoms with E-state index in [1.807, 2.05) is 67.7 Å². The van der Waals surface area contributed by atoms with Crippen molar-refractivity contribution in [2.45, 2.75) is 6.92 Å². The van der Waals surface area contributed by atoms with E-state index in [0.29, 0.717) is 23.9 Å². The monoisotopic (exact) mass is 437 g/mol. The number of benzene rings is 2. The zero-order chi connectivity index (χ0) is 22.8. The summed E-state index contributed by atoms with van der Waals surface area (Å²) in [5.74, 6) is 1.27. The zero-order valence-corrected chi connectivity index (χ0v) is 18.3. The minimum absolute atomic E-state index is 0.0310. The Hall–Kier alpha value is -4.46. The molecule has 0 bridgehead atoms. The molecular weight excluding hydrogens is 414 g/mol. The summed E-state index contributed by atoms with van der Waals surface area (Å²) < 4.78 is 0. The number of anilines is 2. The molecule has 0 aliphatic rings. The number of nitrogens with one attached hydrogen (secondary N) is 3. The fourth-order valence-corrected chi connectivity index (χ4v) is 3.60. The standard InChI is InChI=1S/C25H23N7O/c1-3-32(2)25(33)22-12-17-4-5-18(13-21(17)30-22)24-26-11-10-23(31-24)29-20-8-6-16(7-9-20)19-14-27-28-15-19/h4-15,30H,3H2,1-2H3,(H,27,28)(H,26,29,31). The summed E-state index contributed by atoms with van der Waals surface area (Å²) in [5, 5.41) is 11.1. The van der Waals surface area contributed by atoms with Gasteiger partial charge in [-0.1, -0.05) is 24.3 Å². The van der Waals surface area contributed by atoms with Crippen molar-refractivity contribution in [3.05, 3.63) is 78.9 Å². The number of aromatic amines is 2. The fourth-order valence-electron chi connectivity index (χ4n) is 3.60. The molecule has 5 rings (SSSR count). The van der Waals surface area contributed by atoms with Crippen molar-refractivity contribution in [3.8, 4) is 22.5 Å². The van der Waals surface area contributed by atoms with E-state index in [1.165, 1.54) is 0 Å². The minimum atomic E-state index is -0.0310. The van der Waals surface area contributed by atoms with Crippen molar-refractivity contribution in [1.82, 2.24) is 30.0 Å². The number of aromatic nitrogens is 5. The predicted octanol–water partition coefficient (Wildman–Crippen LogP) is 4.85. The van der Waals surface area contributed by atoms with Crippen molar-refractivity contribution in [2.75, 3.05) is 18.9 Å². The molecule has 0 fully saturated rings. The summed E-state index contributed by atoms with van der Waals surface area (Å²) in [7, 11) is 1.79. The Morgan fingerprint density at radius 3 is 2.61 bits per heavy atom. The number of H-pyrrole nitrogens is 2. The first-order chi connectivity index (χ1) is 16.1. The van der Waals surface area contributed by atoms with Crippen LogP contribution in [0.25, 0.3) is 33.4 Å². The molecule has 0 spiro atoms. The smallest absolute Gasteiger partial charge is 0.270 e. The van der Waals surface area contributed by atoms with Crippen LogP contribution in [-0.4, -0.2) is 49.5 Å². The van der Waals surface area contributed by atoms with Gasteiger partial charge in [0, 0.05) is 53.7 Å². The number of fused-ring (bicyclic) bond motifs is 1. The van der Waals surface area contributed by atoms with Gasteiger partial charge in [-0.3, -0.25) is 9.89 Å². The molecule has 3 heterocycles. The fraction of sp³-hybridized carbons (Fsp3) is 0.120. The maximum Gasteiger partial charge on any atom is 0.270 e. The molecule has 164 valence electrons. The quantitative estimate of drug-likeness (QED) is 0.352. The minimum Gasteiger partial charge on any atom is -0.351 e. The second kappa shape index (κ2) is 8.58. The Labute approximate surface area is 190 Å². The molecule has 0 unspecified atom stereocenters. The predicted molar refractivity (Wildman–Crippen MR) is 129 cm³/mol. The Kier molecular flexibility index (Phi) is 5.32. The van der Waals surface area contributed by atoms with Crippen LogP contribution in [0.5, 0.6) is 0 Å². The Balaban J connectivity index is 1.37. The van der Waals surface area contributed by atoms with E-state index < -0.39 is 0 Å². The van der Waals surface area contributed by atoms with Crippen LogP contribution in [0.1, 0.15) is 17.4 Å². The van der Waals surface area contributed by atoms with E-state index in [1.54, 1.807) is 24.3 Å². The number of hydrogen-bond acceptors (Lipinski definition) is 5. The van der Waals surface area contributed by atoms with Gasteiger partial charge in [0.25, 0.3) is 5.91 Å². The van der Waals surface area contributed by atoms with Crippen molar-refractivity contribution < 1.29 is 4.79 Å². The second-order valence-electron chi connectivity index (χ2n) is 7.76. The highest BCUT2D eigenvalue weighted by atomic mass is 16.2. The van der Waals surface area contributed by atoms with Gasteiger partial charge in [0.1, 0.15) is 11.5 Å². The summed E-state index contributed by atoms with van der Waals surface area (Å²) in [6.45, 7) is 2.60. The van der Waals surface area contributed by atoms with Gasteiger partial charge in [-0.05, 0) is 42.8 Å². The lowest BCUT2D eigenvalue weighted by molar-refractivity contribution is 0.0797. The van der Waals surface area contributed by atoms with Crippen LogP contribution in [0.15, 0.2) is 73.2 Å². The first kappa shape index (κ1) is 20.4. The molecule has 3 N–H and O–H groups in total. The summed E-state index contributed by atoms with van der Waals surface area (Å²) in [4.78, 5) is 26.5. The average Bonchev–Trinajstić information content (AvgIpc) is 3.53. The summed E-state index contributed by atoms with van der Waals surface area (Å²) in [6, 6.07) is 17.7. The largest absolute Gasteiger partial charge is 0.351 e. The van der Waals surface area contributed by atoms with Crippen molar-refractivity contribution in [3.63, 3.8) is 0 Å². The van der Waals surface area contributed by atoms with E-state index in [2.05, 4.69) is 30.5 Å². The number of nitrogens with zero attached hydrogens (tertiary/aromatic N) is 4. The third-order valence-corrected chi connectivity index (χ3v) is 5.58. The molecule has 0 saturated heterocycles. The molecule has 0 radical (unpaired) electrons. The van der Waals surface area contributed by atoms with Crippen LogP contribution in [0.4, 0.5) is 11.5 Å². The lowest BCUT2D eigenvalue weighted by atomic mass is 10.1. The van der Waals surface area contributed by atoms with E-state index in [9.17, 15) is 4.79 Å². The molecule has 8 heteroatoms. The molecular formula is C25H23N7O. The molecule has 0 saturated carbocycles. The highest BCUT2D eigenvalue weighted by molar-refractivity contribution is 5.98. The molecule has 2 aromatic carbocycles. The number of hydrogen-bond donors (Lipinski definition) is 3. The second-order valence-corrected chi connectivity index (χ2v) is 7.76. The number of amides is 1. The van der Waals surface area contributed by atoms with Crippen LogP contribution < -0.4 is 5.32 Å². The van der Waals surface area contributed by atoms with Gasteiger partial charge in [0.2, 0.25) is 0 Å². The van der Waals surface area contributed by atoms with Gasteiger partial charge in [-0.15, -0.1) is 0 Å². The summed E-state index contributed by atoms with van der Waals surface area (Å²) in [6.07, 6.45) is 5.39. The number of rotatable bonds is 6. The molecule has 33 heavy (non-hydrogen) atoms. The molecule has 8 nitrogen and oxygen atoms in total. The van der Waals surface area contributed by atoms with E-state index in [-0.39, 0.29) is 5.91 Å².